The van der Waals surface area contributed by atoms with Crippen molar-refractivity contribution in [1.29, 1.82) is 0 Å². The number of anilines is 1. The van der Waals surface area contributed by atoms with Gasteiger partial charge in [0, 0.05) is 18.6 Å². The molecule has 2 N–H and O–H groups in total. The zero-order valence-electron chi connectivity index (χ0n) is 10.1. The molecule has 0 bridgehead atoms. The molecule has 0 aromatic heterocycles. The summed E-state index contributed by atoms with van der Waals surface area (Å²) in [7, 11) is 0. The Morgan fingerprint density at radius 1 is 1.53 bits per heavy atom. The standard InChI is InChI=1S/C13H17NO3/c1-8-12(5-6-15)17-13-4-3-10(9(2)16)7-11(13)14-8/h3-4,7-8,12,14-15H,5-6H2,1-2H3. The van der Waals surface area contributed by atoms with Crippen molar-refractivity contribution in [2.45, 2.75) is 32.4 Å². The van der Waals surface area contributed by atoms with E-state index in [1.807, 2.05) is 13.0 Å². The Kier molecular flexibility index (Phi) is 3.33. The van der Waals surface area contributed by atoms with Gasteiger partial charge in [0.1, 0.15) is 11.9 Å². The van der Waals surface area contributed by atoms with Crippen molar-refractivity contribution in [2.24, 2.45) is 0 Å². The van der Waals surface area contributed by atoms with Gasteiger partial charge in [-0.1, -0.05) is 0 Å². The molecule has 17 heavy (non-hydrogen) atoms. The van der Waals surface area contributed by atoms with Crippen LogP contribution < -0.4 is 10.1 Å². The molecule has 4 nitrogen and oxygen atoms in total. The first kappa shape index (κ1) is 11.9. The molecule has 1 aromatic carbocycles. The van der Waals surface area contributed by atoms with Crippen LogP contribution in [0, 0.1) is 0 Å². The highest BCUT2D eigenvalue weighted by molar-refractivity contribution is 5.95. The van der Waals surface area contributed by atoms with Crippen LogP contribution in [0.15, 0.2) is 18.2 Å². The summed E-state index contributed by atoms with van der Waals surface area (Å²) >= 11 is 0. The lowest BCUT2D eigenvalue weighted by Crippen LogP contribution is -2.39. The molecular weight excluding hydrogens is 218 g/mol. The number of benzene rings is 1. The molecule has 2 atom stereocenters. The second-order valence-corrected chi connectivity index (χ2v) is 4.37. The minimum Gasteiger partial charge on any atom is -0.486 e. The van der Waals surface area contributed by atoms with Crippen LogP contribution in [0.25, 0.3) is 0 Å². The van der Waals surface area contributed by atoms with E-state index in [1.54, 1.807) is 19.1 Å². The van der Waals surface area contributed by atoms with Gasteiger partial charge in [0.2, 0.25) is 0 Å². The molecule has 0 saturated heterocycles. The van der Waals surface area contributed by atoms with Crippen LogP contribution in [0.5, 0.6) is 5.75 Å². The van der Waals surface area contributed by atoms with Crippen molar-refractivity contribution < 1.29 is 14.6 Å². The summed E-state index contributed by atoms with van der Waals surface area (Å²) in [5, 5.41) is 12.3. The highest BCUT2D eigenvalue weighted by atomic mass is 16.5. The summed E-state index contributed by atoms with van der Waals surface area (Å²) in [5.74, 6) is 0.784. The van der Waals surface area contributed by atoms with Crippen LogP contribution in [0.1, 0.15) is 30.6 Å². The van der Waals surface area contributed by atoms with E-state index in [0.717, 1.165) is 11.4 Å². The molecule has 2 unspecified atom stereocenters. The van der Waals surface area contributed by atoms with E-state index in [2.05, 4.69) is 5.32 Å². The third-order valence-electron chi connectivity index (χ3n) is 3.02. The van der Waals surface area contributed by atoms with Crippen molar-refractivity contribution in [3.63, 3.8) is 0 Å². The molecular formula is C13H17NO3. The number of hydrogen-bond acceptors (Lipinski definition) is 4. The summed E-state index contributed by atoms with van der Waals surface area (Å²) in [4.78, 5) is 11.3. The first-order chi connectivity index (χ1) is 8.11. The smallest absolute Gasteiger partial charge is 0.159 e. The average Bonchev–Trinajstić information content (AvgIpc) is 2.29. The maximum Gasteiger partial charge on any atom is 0.159 e. The minimum atomic E-state index is -0.0318. The molecule has 4 heteroatoms. The second kappa shape index (κ2) is 4.75. The number of ketones is 1. The maximum absolute atomic E-state index is 11.3. The van der Waals surface area contributed by atoms with Crippen molar-refractivity contribution in [1.82, 2.24) is 0 Å². The zero-order valence-corrected chi connectivity index (χ0v) is 10.1. The van der Waals surface area contributed by atoms with Gasteiger partial charge in [-0.05, 0) is 32.0 Å². The maximum atomic E-state index is 11.3. The van der Waals surface area contributed by atoms with Crippen molar-refractivity contribution >= 4 is 11.5 Å². The van der Waals surface area contributed by atoms with Crippen LogP contribution in [-0.4, -0.2) is 29.6 Å². The molecule has 0 fully saturated rings. The fourth-order valence-electron chi connectivity index (χ4n) is 2.00. The number of hydrogen-bond donors (Lipinski definition) is 2. The van der Waals surface area contributed by atoms with Crippen LogP contribution >= 0.6 is 0 Å². The van der Waals surface area contributed by atoms with Gasteiger partial charge in [-0.2, -0.15) is 0 Å². The monoisotopic (exact) mass is 235 g/mol. The van der Waals surface area contributed by atoms with E-state index in [0.29, 0.717) is 12.0 Å². The molecule has 1 aromatic rings. The van der Waals surface area contributed by atoms with Gasteiger partial charge in [0.15, 0.2) is 5.78 Å². The number of aliphatic hydroxyl groups is 1. The largest absolute Gasteiger partial charge is 0.486 e. The third-order valence-corrected chi connectivity index (χ3v) is 3.02. The lowest BCUT2D eigenvalue weighted by atomic mass is 10.0. The van der Waals surface area contributed by atoms with E-state index in [-0.39, 0.29) is 24.5 Å². The Hall–Kier alpha value is -1.55. The summed E-state index contributed by atoms with van der Waals surface area (Å²) < 4.78 is 5.79. The predicted octanol–water partition coefficient (Wildman–Crippen LogP) is 1.83. The second-order valence-electron chi connectivity index (χ2n) is 4.37. The van der Waals surface area contributed by atoms with Gasteiger partial charge in [-0.15, -0.1) is 0 Å². The SMILES string of the molecule is CC(=O)c1ccc2c(c1)NC(C)C(CCO)O2. The highest BCUT2D eigenvalue weighted by Gasteiger charge is 2.25. The van der Waals surface area contributed by atoms with Crippen LogP contribution in [0.4, 0.5) is 5.69 Å². The molecule has 1 aliphatic rings. The number of carbonyl (C=O) groups excluding carboxylic acids is 1. The van der Waals surface area contributed by atoms with Crippen molar-refractivity contribution in [2.75, 3.05) is 11.9 Å². The predicted molar refractivity (Wildman–Crippen MR) is 65.7 cm³/mol. The number of Topliss-reactive ketones (excluding diaryl/α,β-unsaturated/α-hetero) is 1. The summed E-state index contributed by atoms with van der Waals surface area (Å²) in [6, 6.07) is 5.49. The number of nitrogens with one attached hydrogen (secondary N) is 1. The van der Waals surface area contributed by atoms with E-state index in [9.17, 15) is 4.79 Å². The Morgan fingerprint density at radius 2 is 2.29 bits per heavy atom. The number of rotatable bonds is 3. The molecule has 0 amide bonds. The van der Waals surface area contributed by atoms with Gasteiger partial charge >= 0.3 is 0 Å². The van der Waals surface area contributed by atoms with E-state index in [1.165, 1.54) is 0 Å². The lowest BCUT2D eigenvalue weighted by molar-refractivity contribution is 0.101. The Bertz CT molecular complexity index is 431. The van der Waals surface area contributed by atoms with E-state index in [4.69, 9.17) is 9.84 Å². The van der Waals surface area contributed by atoms with Gasteiger partial charge in [-0.3, -0.25) is 4.79 Å². The van der Waals surface area contributed by atoms with E-state index >= 15 is 0 Å². The molecule has 0 aliphatic carbocycles. The third kappa shape index (κ3) is 2.42. The first-order valence-corrected chi connectivity index (χ1v) is 5.81. The Balaban J connectivity index is 2.25. The summed E-state index contributed by atoms with van der Waals surface area (Å²) in [6.45, 7) is 3.66. The van der Waals surface area contributed by atoms with Crippen LogP contribution in [0.3, 0.4) is 0 Å². The average molecular weight is 235 g/mol. The molecule has 92 valence electrons. The number of fused-ring (bicyclic) bond motifs is 1. The molecule has 0 saturated carbocycles. The first-order valence-electron chi connectivity index (χ1n) is 5.81. The molecule has 0 spiro atoms. The Morgan fingerprint density at radius 3 is 2.94 bits per heavy atom. The normalized spacial score (nSPS) is 22.3. The van der Waals surface area contributed by atoms with Crippen molar-refractivity contribution in [3.8, 4) is 5.75 Å². The summed E-state index contributed by atoms with van der Waals surface area (Å²) in [6.07, 6.45) is 0.567. The fraction of sp³-hybridized carbons (Fsp3) is 0.462. The summed E-state index contributed by atoms with van der Waals surface area (Å²) in [5.41, 5.74) is 1.52. The van der Waals surface area contributed by atoms with E-state index < -0.39 is 0 Å². The Labute approximate surface area is 101 Å². The minimum absolute atomic E-state index is 0.0318. The van der Waals surface area contributed by atoms with Gasteiger partial charge in [0.05, 0.1) is 11.7 Å². The van der Waals surface area contributed by atoms with Gasteiger partial charge < -0.3 is 15.2 Å². The van der Waals surface area contributed by atoms with Gasteiger partial charge in [0.25, 0.3) is 0 Å². The van der Waals surface area contributed by atoms with Gasteiger partial charge in [-0.25, -0.2) is 0 Å². The fourth-order valence-corrected chi connectivity index (χ4v) is 2.00. The quantitative estimate of drug-likeness (QED) is 0.785. The molecule has 0 radical (unpaired) electrons. The lowest BCUT2D eigenvalue weighted by Gasteiger charge is -2.33. The molecule has 2 rings (SSSR count). The van der Waals surface area contributed by atoms with Crippen LogP contribution in [-0.2, 0) is 0 Å². The number of ether oxygens (including phenoxy) is 1. The molecule has 1 heterocycles. The zero-order chi connectivity index (χ0) is 12.4. The van der Waals surface area contributed by atoms with Crippen molar-refractivity contribution in [3.05, 3.63) is 23.8 Å². The number of carbonyl (C=O) groups is 1. The number of aliphatic hydroxyl groups excluding tert-OH is 1. The topological polar surface area (TPSA) is 58.6 Å². The van der Waals surface area contributed by atoms with Crippen LogP contribution in [0.2, 0.25) is 0 Å². The molecule has 1 aliphatic heterocycles. The highest BCUT2D eigenvalue weighted by Crippen LogP contribution is 2.33.